The summed E-state index contributed by atoms with van der Waals surface area (Å²) in [6, 6.07) is 14.4. The largest absolute Gasteiger partial charge is 0.456 e. The number of aryl methyl sites for hydroxylation is 2. The van der Waals surface area contributed by atoms with E-state index in [9.17, 15) is 4.79 Å². The molecule has 0 fully saturated rings. The number of nitrogens with zero attached hydrogens (tertiary/aromatic N) is 1. The van der Waals surface area contributed by atoms with Gasteiger partial charge in [0.1, 0.15) is 6.61 Å². The third kappa shape index (κ3) is 1.82. The molecule has 2 aromatic carbocycles. The number of benzene rings is 2. The van der Waals surface area contributed by atoms with Gasteiger partial charge in [0.15, 0.2) is 5.69 Å². The molecule has 3 aromatic rings. The zero-order chi connectivity index (χ0) is 15.3. The summed E-state index contributed by atoms with van der Waals surface area (Å²) in [6.45, 7) is 4.41. The van der Waals surface area contributed by atoms with Gasteiger partial charge in [-0.3, -0.25) is 0 Å². The van der Waals surface area contributed by atoms with Crippen LogP contribution in [0, 0.1) is 13.8 Å². The molecular weight excluding hydrogens is 274 g/mol. The summed E-state index contributed by atoms with van der Waals surface area (Å²) in [7, 11) is 0. The number of hydrogen-bond donors (Lipinski definition) is 0. The van der Waals surface area contributed by atoms with Crippen molar-refractivity contribution in [2.24, 2.45) is 0 Å². The standard InChI is InChI=1S/C19H15NO2/c1-11-8-12(2)17-14(9-11)16(13-6-4-3-5-7-13)15-10-22-19(21)18(15)20-17/h3-9H,10H2,1-2H3. The number of aromatic nitrogens is 1. The van der Waals surface area contributed by atoms with Crippen molar-refractivity contribution in [3.8, 4) is 11.1 Å². The lowest BCUT2D eigenvalue weighted by Gasteiger charge is -2.13. The molecule has 0 bridgehead atoms. The minimum Gasteiger partial charge on any atom is -0.456 e. The van der Waals surface area contributed by atoms with E-state index in [1.165, 1.54) is 5.56 Å². The van der Waals surface area contributed by atoms with Crippen molar-refractivity contribution in [3.63, 3.8) is 0 Å². The monoisotopic (exact) mass is 289 g/mol. The number of hydrogen-bond acceptors (Lipinski definition) is 3. The van der Waals surface area contributed by atoms with E-state index in [1.807, 2.05) is 25.1 Å². The lowest BCUT2D eigenvalue weighted by Crippen LogP contribution is -2.01. The van der Waals surface area contributed by atoms with Gasteiger partial charge in [-0.05, 0) is 31.0 Å². The number of carbonyl (C=O) groups excluding carboxylic acids is 1. The molecule has 0 saturated carbocycles. The first-order chi connectivity index (χ1) is 10.6. The Morgan fingerprint density at radius 3 is 2.64 bits per heavy atom. The van der Waals surface area contributed by atoms with Crippen LogP contribution in [-0.2, 0) is 11.3 Å². The second-order valence-electron chi connectivity index (χ2n) is 5.73. The van der Waals surface area contributed by atoms with Gasteiger partial charge in [0, 0.05) is 16.5 Å². The van der Waals surface area contributed by atoms with Crippen molar-refractivity contribution < 1.29 is 9.53 Å². The molecule has 1 aliphatic rings. The van der Waals surface area contributed by atoms with Gasteiger partial charge in [-0.1, -0.05) is 42.0 Å². The second kappa shape index (κ2) is 4.67. The quantitative estimate of drug-likeness (QED) is 0.631. The number of cyclic esters (lactones) is 1. The van der Waals surface area contributed by atoms with E-state index in [-0.39, 0.29) is 5.97 Å². The van der Waals surface area contributed by atoms with E-state index in [2.05, 4.69) is 36.2 Å². The molecule has 0 saturated heterocycles. The van der Waals surface area contributed by atoms with Crippen molar-refractivity contribution >= 4 is 16.9 Å². The van der Waals surface area contributed by atoms with Crippen LogP contribution in [0.5, 0.6) is 0 Å². The first-order valence-electron chi connectivity index (χ1n) is 7.31. The zero-order valence-corrected chi connectivity index (χ0v) is 12.5. The Kier molecular flexibility index (Phi) is 2.76. The number of fused-ring (bicyclic) bond motifs is 2. The first kappa shape index (κ1) is 13.0. The summed E-state index contributed by atoms with van der Waals surface area (Å²) in [4.78, 5) is 16.6. The highest BCUT2D eigenvalue weighted by atomic mass is 16.5. The molecule has 3 heteroatoms. The second-order valence-corrected chi connectivity index (χ2v) is 5.73. The van der Waals surface area contributed by atoms with Gasteiger partial charge in [-0.2, -0.15) is 0 Å². The molecule has 108 valence electrons. The van der Waals surface area contributed by atoms with Crippen LogP contribution in [0.2, 0.25) is 0 Å². The third-order valence-corrected chi connectivity index (χ3v) is 4.13. The van der Waals surface area contributed by atoms with Crippen molar-refractivity contribution in [2.45, 2.75) is 20.5 Å². The molecule has 1 aromatic heterocycles. The highest BCUT2D eigenvalue weighted by Gasteiger charge is 2.28. The molecular formula is C19H15NO2. The summed E-state index contributed by atoms with van der Waals surface area (Å²) in [5, 5.41) is 1.08. The summed E-state index contributed by atoms with van der Waals surface area (Å²) in [5.41, 5.74) is 6.66. The first-order valence-corrected chi connectivity index (χ1v) is 7.31. The highest BCUT2D eigenvalue weighted by molar-refractivity contribution is 6.04. The van der Waals surface area contributed by atoms with Crippen molar-refractivity contribution in [3.05, 3.63) is 64.8 Å². The van der Waals surface area contributed by atoms with E-state index in [1.54, 1.807) is 0 Å². The van der Waals surface area contributed by atoms with Gasteiger partial charge in [0.05, 0.1) is 5.52 Å². The molecule has 1 aliphatic heterocycles. The van der Waals surface area contributed by atoms with Gasteiger partial charge in [0.25, 0.3) is 0 Å². The Labute approximate surface area is 128 Å². The van der Waals surface area contributed by atoms with Gasteiger partial charge in [-0.25, -0.2) is 9.78 Å². The number of ether oxygens (including phenoxy) is 1. The van der Waals surface area contributed by atoms with Crippen LogP contribution < -0.4 is 0 Å². The van der Waals surface area contributed by atoms with E-state index in [4.69, 9.17) is 4.74 Å². The van der Waals surface area contributed by atoms with Crippen LogP contribution >= 0.6 is 0 Å². The van der Waals surface area contributed by atoms with Crippen LogP contribution in [-0.4, -0.2) is 11.0 Å². The zero-order valence-electron chi connectivity index (χ0n) is 12.5. The summed E-state index contributed by atoms with van der Waals surface area (Å²) in [6.07, 6.45) is 0. The van der Waals surface area contributed by atoms with E-state index >= 15 is 0 Å². The molecule has 0 radical (unpaired) electrons. The predicted molar refractivity (Wildman–Crippen MR) is 85.8 cm³/mol. The molecule has 0 unspecified atom stereocenters. The van der Waals surface area contributed by atoms with E-state index in [0.717, 1.165) is 33.2 Å². The molecule has 0 aliphatic carbocycles. The highest BCUT2D eigenvalue weighted by Crippen LogP contribution is 2.37. The lowest BCUT2D eigenvalue weighted by molar-refractivity contribution is 0.0531. The fourth-order valence-electron chi connectivity index (χ4n) is 3.21. The molecule has 0 atom stereocenters. The van der Waals surface area contributed by atoms with Crippen LogP contribution in [0.25, 0.3) is 22.0 Å². The normalized spacial score (nSPS) is 13.3. The molecule has 4 rings (SSSR count). The summed E-state index contributed by atoms with van der Waals surface area (Å²) in [5.74, 6) is -0.325. The Bertz CT molecular complexity index is 914. The van der Waals surface area contributed by atoms with E-state index < -0.39 is 0 Å². The minimum atomic E-state index is -0.325. The average Bonchev–Trinajstić information content (AvgIpc) is 2.87. The minimum absolute atomic E-state index is 0.300. The number of carbonyl (C=O) groups is 1. The van der Waals surface area contributed by atoms with Crippen LogP contribution in [0.4, 0.5) is 0 Å². The summed E-state index contributed by atoms with van der Waals surface area (Å²) >= 11 is 0. The Hall–Kier alpha value is -2.68. The molecule has 0 N–H and O–H groups in total. The van der Waals surface area contributed by atoms with Crippen molar-refractivity contribution in [1.29, 1.82) is 0 Å². The third-order valence-electron chi connectivity index (χ3n) is 4.13. The van der Waals surface area contributed by atoms with Gasteiger partial charge in [-0.15, -0.1) is 0 Å². The Morgan fingerprint density at radius 1 is 1.09 bits per heavy atom. The molecule has 3 nitrogen and oxygen atoms in total. The lowest BCUT2D eigenvalue weighted by atomic mass is 9.93. The molecule has 0 amide bonds. The maximum absolute atomic E-state index is 12.0. The van der Waals surface area contributed by atoms with Gasteiger partial charge < -0.3 is 4.74 Å². The smallest absolute Gasteiger partial charge is 0.357 e. The Balaban J connectivity index is 2.19. The molecule has 22 heavy (non-hydrogen) atoms. The SMILES string of the molecule is Cc1cc(C)c2nc3c(c(-c4ccccc4)c2c1)COC3=O. The predicted octanol–water partition coefficient (Wildman–Crippen LogP) is 4.19. The van der Waals surface area contributed by atoms with Crippen LogP contribution in [0.3, 0.4) is 0 Å². The molecule has 0 spiro atoms. The fourth-order valence-corrected chi connectivity index (χ4v) is 3.21. The van der Waals surface area contributed by atoms with Gasteiger partial charge in [0.2, 0.25) is 0 Å². The maximum Gasteiger partial charge on any atom is 0.357 e. The van der Waals surface area contributed by atoms with Crippen LogP contribution in [0.1, 0.15) is 27.2 Å². The molecule has 2 heterocycles. The number of pyridine rings is 1. The fraction of sp³-hybridized carbons (Fsp3) is 0.158. The number of rotatable bonds is 1. The van der Waals surface area contributed by atoms with Gasteiger partial charge >= 0.3 is 5.97 Å². The van der Waals surface area contributed by atoms with Crippen LogP contribution in [0.15, 0.2) is 42.5 Å². The van der Waals surface area contributed by atoms with Crippen molar-refractivity contribution in [1.82, 2.24) is 4.98 Å². The van der Waals surface area contributed by atoms with Crippen molar-refractivity contribution in [2.75, 3.05) is 0 Å². The Morgan fingerprint density at radius 2 is 1.86 bits per heavy atom. The maximum atomic E-state index is 12.0. The van der Waals surface area contributed by atoms with E-state index in [0.29, 0.717) is 12.3 Å². The average molecular weight is 289 g/mol. The topological polar surface area (TPSA) is 39.2 Å². The number of esters is 1. The summed E-state index contributed by atoms with van der Waals surface area (Å²) < 4.78 is 5.23.